The number of hydrogen-bond donors (Lipinski definition) is 1. The third-order valence-electron chi connectivity index (χ3n) is 3.84. The molecule has 0 radical (unpaired) electrons. The smallest absolute Gasteiger partial charge is 0.325 e. The Labute approximate surface area is 151 Å². The van der Waals surface area contributed by atoms with E-state index in [2.05, 4.69) is 10.3 Å². The van der Waals surface area contributed by atoms with Crippen molar-refractivity contribution in [2.75, 3.05) is 11.1 Å². The van der Waals surface area contributed by atoms with Crippen molar-refractivity contribution in [1.82, 2.24) is 14.1 Å². The number of thioether (sulfide) groups is 1. The number of nitrogens with zero attached hydrogens (tertiary/aromatic N) is 4. The fraction of sp³-hybridized carbons (Fsp3) is 0.188. The molecule has 0 aliphatic rings. The van der Waals surface area contributed by atoms with Gasteiger partial charge in [-0.15, -0.1) is 0 Å². The molecule has 1 aromatic carbocycles. The number of carbonyl (C=O) groups is 1. The standard InChI is InChI=1S/C16H15N5O4S/c1-19-12-5-3-10(7-13(12)20(2)16(19)23)18-14(22)9-26-15-6-4-11(8-17-15)21(24)25/h3-8H,9H2,1-2H3,(H,18,22). The molecular weight excluding hydrogens is 358 g/mol. The first-order valence-electron chi connectivity index (χ1n) is 7.55. The van der Waals surface area contributed by atoms with E-state index < -0.39 is 4.92 Å². The molecule has 3 rings (SSSR count). The monoisotopic (exact) mass is 373 g/mol. The molecule has 10 heteroatoms. The first kappa shape index (κ1) is 17.7. The van der Waals surface area contributed by atoms with Crippen LogP contribution in [0.1, 0.15) is 0 Å². The van der Waals surface area contributed by atoms with E-state index in [1.165, 1.54) is 33.0 Å². The predicted molar refractivity (Wildman–Crippen MR) is 98.4 cm³/mol. The molecule has 2 aromatic heterocycles. The zero-order chi connectivity index (χ0) is 18.8. The van der Waals surface area contributed by atoms with Crippen LogP contribution >= 0.6 is 11.8 Å². The lowest BCUT2D eigenvalue weighted by atomic mass is 10.2. The van der Waals surface area contributed by atoms with Crippen molar-refractivity contribution >= 4 is 40.1 Å². The molecule has 2 heterocycles. The SMILES string of the molecule is Cn1c(=O)n(C)c2cc(NC(=O)CSc3ccc([N+](=O)[O-])cn3)ccc21. The molecule has 0 atom stereocenters. The molecule has 0 unspecified atom stereocenters. The lowest BCUT2D eigenvalue weighted by Gasteiger charge is -2.06. The van der Waals surface area contributed by atoms with E-state index in [0.29, 0.717) is 10.7 Å². The van der Waals surface area contributed by atoms with Crippen LogP contribution in [0, 0.1) is 10.1 Å². The second kappa shape index (κ2) is 7.00. The highest BCUT2D eigenvalue weighted by Gasteiger charge is 2.11. The third-order valence-corrected chi connectivity index (χ3v) is 4.78. The molecule has 9 nitrogen and oxygen atoms in total. The van der Waals surface area contributed by atoms with Gasteiger partial charge in [-0.25, -0.2) is 9.78 Å². The van der Waals surface area contributed by atoms with Crippen LogP contribution in [0.5, 0.6) is 0 Å². The van der Waals surface area contributed by atoms with E-state index in [9.17, 15) is 19.7 Å². The second-order valence-corrected chi connectivity index (χ2v) is 6.55. The zero-order valence-electron chi connectivity index (χ0n) is 14.0. The molecule has 26 heavy (non-hydrogen) atoms. The summed E-state index contributed by atoms with van der Waals surface area (Å²) in [7, 11) is 3.36. The van der Waals surface area contributed by atoms with Crippen LogP contribution in [-0.2, 0) is 18.9 Å². The number of aryl methyl sites for hydroxylation is 2. The molecule has 0 spiro atoms. The Bertz CT molecular complexity index is 1050. The summed E-state index contributed by atoms with van der Waals surface area (Å²) in [4.78, 5) is 38.1. The highest BCUT2D eigenvalue weighted by molar-refractivity contribution is 7.99. The Morgan fingerprint density at radius 3 is 2.62 bits per heavy atom. The van der Waals surface area contributed by atoms with Crippen molar-refractivity contribution in [3.8, 4) is 0 Å². The van der Waals surface area contributed by atoms with Crippen LogP contribution in [0.25, 0.3) is 11.0 Å². The van der Waals surface area contributed by atoms with E-state index >= 15 is 0 Å². The van der Waals surface area contributed by atoms with Gasteiger partial charge in [0.1, 0.15) is 6.20 Å². The molecular formula is C16H15N5O4S. The molecule has 0 aliphatic heterocycles. The van der Waals surface area contributed by atoms with Crippen molar-refractivity contribution < 1.29 is 9.72 Å². The number of pyridine rings is 1. The van der Waals surface area contributed by atoms with Crippen molar-refractivity contribution in [3.63, 3.8) is 0 Å². The summed E-state index contributed by atoms with van der Waals surface area (Å²) in [5.41, 5.74) is 1.85. The lowest BCUT2D eigenvalue weighted by molar-refractivity contribution is -0.385. The number of aromatic nitrogens is 3. The number of amides is 1. The summed E-state index contributed by atoms with van der Waals surface area (Å²) in [6.07, 6.45) is 1.16. The largest absolute Gasteiger partial charge is 0.328 e. The maximum Gasteiger partial charge on any atom is 0.328 e. The molecule has 0 fully saturated rings. The van der Waals surface area contributed by atoms with Crippen molar-refractivity contribution in [2.24, 2.45) is 14.1 Å². The van der Waals surface area contributed by atoms with Gasteiger partial charge < -0.3 is 5.32 Å². The number of benzene rings is 1. The summed E-state index contributed by atoms with van der Waals surface area (Å²) in [6, 6.07) is 8.09. The average molecular weight is 373 g/mol. The van der Waals surface area contributed by atoms with Crippen molar-refractivity contribution in [2.45, 2.75) is 5.03 Å². The molecule has 0 saturated carbocycles. The fourth-order valence-corrected chi connectivity index (χ4v) is 3.13. The van der Waals surface area contributed by atoms with Gasteiger partial charge in [-0.2, -0.15) is 0 Å². The summed E-state index contributed by atoms with van der Waals surface area (Å²) < 4.78 is 3.05. The van der Waals surface area contributed by atoms with E-state index in [-0.39, 0.29) is 23.0 Å². The maximum atomic E-state index is 12.1. The van der Waals surface area contributed by atoms with Gasteiger partial charge in [0.05, 0.1) is 26.7 Å². The molecule has 1 amide bonds. The molecule has 0 aliphatic carbocycles. The summed E-state index contributed by atoms with van der Waals surface area (Å²) in [5, 5.41) is 13.9. The van der Waals surface area contributed by atoms with Gasteiger partial charge in [-0.3, -0.25) is 24.0 Å². The summed E-state index contributed by atoms with van der Waals surface area (Å²) in [6.45, 7) is 0. The topological polar surface area (TPSA) is 112 Å². The van der Waals surface area contributed by atoms with Crippen LogP contribution in [0.3, 0.4) is 0 Å². The number of imidazole rings is 1. The minimum absolute atomic E-state index is 0.0967. The molecule has 0 saturated heterocycles. The quantitative estimate of drug-likeness (QED) is 0.415. The lowest BCUT2D eigenvalue weighted by Crippen LogP contribution is -2.19. The van der Waals surface area contributed by atoms with E-state index in [4.69, 9.17) is 0 Å². The third kappa shape index (κ3) is 3.45. The van der Waals surface area contributed by atoms with Crippen molar-refractivity contribution in [3.05, 3.63) is 57.1 Å². The number of anilines is 1. The minimum atomic E-state index is -0.527. The first-order valence-corrected chi connectivity index (χ1v) is 8.54. The van der Waals surface area contributed by atoms with Gasteiger partial charge in [-0.1, -0.05) is 11.8 Å². The minimum Gasteiger partial charge on any atom is -0.325 e. The number of nitrogens with one attached hydrogen (secondary N) is 1. The number of rotatable bonds is 5. The fourth-order valence-electron chi connectivity index (χ4n) is 2.49. The Balaban J connectivity index is 1.66. The van der Waals surface area contributed by atoms with E-state index in [1.807, 2.05) is 0 Å². The Morgan fingerprint density at radius 1 is 1.23 bits per heavy atom. The van der Waals surface area contributed by atoms with Gasteiger partial charge in [0.25, 0.3) is 5.69 Å². The molecule has 1 N–H and O–H groups in total. The van der Waals surface area contributed by atoms with E-state index in [1.54, 1.807) is 32.3 Å². The Kier molecular flexibility index (Phi) is 4.76. The first-order chi connectivity index (χ1) is 12.4. The van der Waals surface area contributed by atoms with Crippen LogP contribution in [0.2, 0.25) is 0 Å². The van der Waals surface area contributed by atoms with E-state index in [0.717, 1.165) is 17.2 Å². The van der Waals surface area contributed by atoms with Gasteiger partial charge in [0, 0.05) is 25.8 Å². The average Bonchev–Trinajstić information content (AvgIpc) is 2.84. The van der Waals surface area contributed by atoms with Gasteiger partial charge in [-0.05, 0) is 24.3 Å². The number of nitro groups is 1. The Hall–Kier alpha value is -3.14. The van der Waals surface area contributed by atoms with Gasteiger partial charge >= 0.3 is 5.69 Å². The highest BCUT2D eigenvalue weighted by Crippen LogP contribution is 2.20. The number of fused-ring (bicyclic) bond motifs is 1. The van der Waals surface area contributed by atoms with Crippen LogP contribution in [0.15, 0.2) is 46.3 Å². The van der Waals surface area contributed by atoms with Crippen molar-refractivity contribution in [1.29, 1.82) is 0 Å². The summed E-state index contributed by atoms with van der Waals surface area (Å²) in [5.74, 6) is -0.133. The van der Waals surface area contributed by atoms with Crippen LogP contribution in [0.4, 0.5) is 11.4 Å². The van der Waals surface area contributed by atoms with Crippen LogP contribution in [-0.4, -0.2) is 30.7 Å². The second-order valence-electron chi connectivity index (χ2n) is 5.55. The number of carbonyl (C=O) groups excluding carboxylic acids is 1. The number of hydrogen-bond acceptors (Lipinski definition) is 6. The predicted octanol–water partition coefficient (Wildman–Crippen LogP) is 1.91. The Morgan fingerprint density at radius 2 is 1.96 bits per heavy atom. The zero-order valence-corrected chi connectivity index (χ0v) is 14.8. The van der Waals surface area contributed by atoms with Crippen LogP contribution < -0.4 is 11.0 Å². The molecule has 0 bridgehead atoms. The summed E-state index contributed by atoms with van der Waals surface area (Å²) >= 11 is 1.18. The van der Waals surface area contributed by atoms with Gasteiger partial charge in [0.2, 0.25) is 5.91 Å². The molecule has 134 valence electrons. The van der Waals surface area contributed by atoms with Gasteiger partial charge in [0.15, 0.2) is 0 Å². The normalized spacial score (nSPS) is 10.8. The molecule has 3 aromatic rings. The maximum absolute atomic E-state index is 12.1. The highest BCUT2D eigenvalue weighted by atomic mass is 32.2.